The number of carbonyl (C=O) groups excluding carboxylic acids is 1. The fourth-order valence-corrected chi connectivity index (χ4v) is 2.55. The Morgan fingerprint density at radius 1 is 1.30 bits per heavy atom. The zero-order chi connectivity index (χ0) is 14.5. The number of nitrogens with two attached hydrogens (primary N) is 1. The molecule has 5 nitrogen and oxygen atoms in total. The Bertz CT molecular complexity index is 447. The summed E-state index contributed by atoms with van der Waals surface area (Å²) in [6.45, 7) is 0. The van der Waals surface area contributed by atoms with E-state index in [4.69, 9.17) is 5.73 Å². The highest BCUT2D eigenvalue weighted by Crippen LogP contribution is 2.18. The summed E-state index contributed by atoms with van der Waals surface area (Å²) in [5.41, 5.74) is 6.79. The van der Waals surface area contributed by atoms with Crippen LogP contribution in [0.4, 0.5) is 0 Å². The summed E-state index contributed by atoms with van der Waals surface area (Å²) in [4.78, 5) is 12.0. The van der Waals surface area contributed by atoms with Crippen LogP contribution in [0.5, 0.6) is 5.75 Å². The molecule has 0 aliphatic heterocycles. The Balaban J connectivity index is 1.86. The monoisotopic (exact) mass is 278 g/mol. The quantitative estimate of drug-likeness (QED) is 0.651. The molecule has 110 valence electrons. The molecule has 1 amide bonds. The zero-order valence-corrected chi connectivity index (χ0v) is 11.5. The number of nitrogens with one attached hydrogen (secondary N) is 1. The first-order valence-electron chi connectivity index (χ1n) is 7.08. The van der Waals surface area contributed by atoms with Crippen LogP contribution in [0.1, 0.15) is 31.2 Å². The van der Waals surface area contributed by atoms with E-state index in [1.54, 1.807) is 24.3 Å². The van der Waals surface area contributed by atoms with Gasteiger partial charge in [0.05, 0.1) is 18.2 Å². The van der Waals surface area contributed by atoms with Crippen LogP contribution in [0.25, 0.3) is 0 Å². The third-order valence-corrected chi connectivity index (χ3v) is 3.79. The number of aromatic hydroxyl groups is 1. The van der Waals surface area contributed by atoms with Crippen molar-refractivity contribution in [3.8, 4) is 5.75 Å². The van der Waals surface area contributed by atoms with Crippen molar-refractivity contribution >= 4 is 5.91 Å². The molecule has 0 aromatic heterocycles. The Labute approximate surface area is 118 Å². The molecule has 2 unspecified atom stereocenters. The van der Waals surface area contributed by atoms with Crippen LogP contribution in [0.15, 0.2) is 24.3 Å². The van der Waals surface area contributed by atoms with Crippen LogP contribution >= 0.6 is 0 Å². The molecule has 5 heteroatoms. The molecule has 2 rings (SSSR count). The van der Waals surface area contributed by atoms with E-state index < -0.39 is 12.1 Å². The maximum Gasteiger partial charge on any atom is 0.237 e. The average Bonchev–Trinajstić information content (AvgIpc) is 2.44. The highest BCUT2D eigenvalue weighted by molar-refractivity contribution is 5.82. The summed E-state index contributed by atoms with van der Waals surface area (Å²) in [6, 6.07) is 5.82. The Morgan fingerprint density at radius 2 is 1.95 bits per heavy atom. The van der Waals surface area contributed by atoms with Crippen molar-refractivity contribution in [3.05, 3.63) is 29.8 Å². The van der Waals surface area contributed by atoms with E-state index in [9.17, 15) is 15.0 Å². The Hall–Kier alpha value is -1.59. The molecule has 0 saturated heterocycles. The lowest BCUT2D eigenvalue weighted by Gasteiger charge is -2.29. The summed E-state index contributed by atoms with van der Waals surface area (Å²) in [5.74, 6) is -0.0406. The summed E-state index contributed by atoms with van der Waals surface area (Å²) in [7, 11) is 0. The van der Waals surface area contributed by atoms with Gasteiger partial charge in [-0.15, -0.1) is 0 Å². The van der Waals surface area contributed by atoms with Crippen LogP contribution in [-0.4, -0.2) is 34.3 Å². The summed E-state index contributed by atoms with van der Waals surface area (Å²) in [5, 5.41) is 21.9. The van der Waals surface area contributed by atoms with E-state index in [2.05, 4.69) is 5.32 Å². The van der Waals surface area contributed by atoms with Gasteiger partial charge in [0.25, 0.3) is 0 Å². The lowest BCUT2D eigenvalue weighted by molar-refractivity contribution is -0.124. The first-order valence-corrected chi connectivity index (χ1v) is 7.08. The van der Waals surface area contributed by atoms with Crippen molar-refractivity contribution < 1.29 is 15.0 Å². The number of hydrogen-bond acceptors (Lipinski definition) is 4. The van der Waals surface area contributed by atoms with Crippen molar-refractivity contribution in [1.29, 1.82) is 0 Å². The van der Waals surface area contributed by atoms with Gasteiger partial charge in [0.2, 0.25) is 5.91 Å². The molecule has 0 bridgehead atoms. The molecule has 1 aromatic rings. The lowest BCUT2D eigenvalue weighted by atomic mass is 9.92. The standard InChI is InChI=1S/C15H22N2O3/c16-12(9-10-5-7-11(18)8-6-10)15(20)17-13-3-1-2-4-14(13)19/h5-8,12-14,18-19H,1-4,9,16H2,(H,17,20)/t12-,13?,14?/m0/s1. The predicted molar refractivity (Wildman–Crippen MR) is 76.2 cm³/mol. The van der Waals surface area contributed by atoms with Crippen LogP contribution < -0.4 is 11.1 Å². The van der Waals surface area contributed by atoms with E-state index in [1.165, 1.54) is 0 Å². The normalized spacial score (nSPS) is 24.1. The van der Waals surface area contributed by atoms with Gasteiger partial charge < -0.3 is 21.3 Å². The second kappa shape index (κ2) is 6.72. The molecule has 20 heavy (non-hydrogen) atoms. The first-order chi connectivity index (χ1) is 9.56. The van der Waals surface area contributed by atoms with Crippen molar-refractivity contribution in [3.63, 3.8) is 0 Å². The SMILES string of the molecule is N[C@@H](Cc1ccc(O)cc1)C(=O)NC1CCCCC1O. The number of benzene rings is 1. The van der Waals surface area contributed by atoms with Gasteiger partial charge in [-0.2, -0.15) is 0 Å². The van der Waals surface area contributed by atoms with Gasteiger partial charge in [0.1, 0.15) is 5.75 Å². The van der Waals surface area contributed by atoms with Gasteiger partial charge in [0.15, 0.2) is 0 Å². The maximum absolute atomic E-state index is 12.0. The number of hydrogen-bond donors (Lipinski definition) is 4. The molecule has 1 fully saturated rings. The minimum atomic E-state index is -0.645. The third-order valence-electron chi connectivity index (χ3n) is 3.79. The highest BCUT2D eigenvalue weighted by atomic mass is 16.3. The van der Waals surface area contributed by atoms with E-state index in [0.717, 1.165) is 31.2 Å². The summed E-state index contributed by atoms with van der Waals surface area (Å²) >= 11 is 0. The van der Waals surface area contributed by atoms with Gasteiger partial charge in [-0.05, 0) is 37.0 Å². The highest BCUT2D eigenvalue weighted by Gasteiger charge is 2.26. The lowest BCUT2D eigenvalue weighted by Crippen LogP contribution is -2.51. The molecular formula is C15H22N2O3. The van der Waals surface area contributed by atoms with Crippen molar-refractivity contribution in [2.75, 3.05) is 0 Å². The van der Waals surface area contributed by atoms with Crippen molar-refractivity contribution in [2.45, 2.75) is 50.3 Å². The van der Waals surface area contributed by atoms with Crippen molar-refractivity contribution in [1.82, 2.24) is 5.32 Å². The topological polar surface area (TPSA) is 95.6 Å². The van der Waals surface area contributed by atoms with Crippen LogP contribution in [0, 0.1) is 0 Å². The van der Waals surface area contributed by atoms with Gasteiger partial charge in [-0.1, -0.05) is 25.0 Å². The fraction of sp³-hybridized carbons (Fsp3) is 0.533. The molecular weight excluding hydrogens is 256 g/mol. The fourth-order valence-electron chi connectivity index (χ4n) is 2.55. The molecule has 1 saturated carbocycles. The van der Waals surface area contributed by atoms with Crippen molar-refractivity contribution in [2.24, 2.45) is 5.73 Å². The number of amides is 1. The second-order valence-electron chi connectivity index (χ2n) is 5.44. The number of rotatable bonds is 4. The van der Waals surface area contributed by atoms with Gasteiger partial charge in [0, 0.05) is 0 Å². The van der Waals surface area contributed by atoms with E-state index in [-0.39, 0.29) is 17.7 Å². The Morgan fingerprint density at radius 3 is 2.60 bits per heavy atom. The number of aliphatic hydroxyl groups excluding tert-OH is 1. The molecule has 0 spiro atoms. The van der Waals surface area contributed by atoms with Crippen LogP contribution in [0.2, 0.25) is 0 Å². The van der Waals surface area contributed by atoms with Crippen LogP contribution in [-0.2, 0) is 11.2 Å². The molecule has 5 N–H and O–H groups in total. The van der Waals surface area contributed by atoms with Gasteiger partial charge in [-0.25, -0.2) is 0 Å². The largest absolute Gasteiger partial charge is 0.508 e. The minimum Gasteiger partial charge on any atom is -0.508 e. The smallest absolute Gasteiger partial charge is 0.237 e. The molecule has 0 heterocycles. The third kappa shape index (κ3) is 3.95. The number of phenolic OH excluding ortho intramolecular Hbond substituents is 1. The Kier molecular flexibility index (Phi) is 4.98. The van der Waals surface area contributed by atoms with Crippen LogP contribution in [0.3, 0.4) is 0 Å². The second-order valence-corrected chi connectivity index (χ2v) is 5.44. The summed E-state index contributed by atoms with van der Waals surface area (Å²) < 4.78 is 0. The van der Waals surface area contributed by atoms with E-state index >= 15 is 0 Å². The summed E-state index contributed by atoms with van der Waals surface area (Å²) in [6.07, 6.45) is 3.52. The molecule has 1 aliphatic carbocycles. The maximum atomic E-state index is 12.0. The number of carbonyl (C=O) groups is 1. The predicted octanol–water partition coefficient (Wildman–Crippen LogP) is 0.682. The van der Waals surface area contributed by atoms with Gasteiger partial charge in [-0.3, -0.25) is 4.79 Å². The van der Waals surface area contributed by atoms with Gasteiger partial charge >= 0.3 is 0 Å². The molecule has 3 atom stereocenters. The molecule has 1 aromatic carbocycles. The molecule has 0 radical (unpaired) electrons. The minimum absolute atomic E-state index is 0.179. The average molecular weight is 278 g/mol. The van der Waals surface area contributed by atoms with E-state index in [0.29, 0.717) is 6.42 Å². The zero-order valence-electron chi connectivity index (χ0n) is 11.5. The van der Waals surface area contributed by atoms with E-state index in [1.807, 2.05) is 0 Å². The molecule has 1 aliphatic rings. The number of aliphatic hydroxyl groups is 1. The first kappa shape index (κ1) is 14.8. The number of phenols is 1.